The van der Waals surface area contributed by atoms with E-state index in [1.807, 2.05) is 0 Å². The minimum absolute atomic E-state index is 0.823. The maximum Gasteiger partial charge on any atom is 0.133 e. The molecule has 0 aromatic carbocycles. The van der Waals surface area contributed by atoms with Gasteiger partial charge in [0.25, 0.3) is 0 Å². The second-order valence-corrected chi connectivity index (χ2v) is 18.1. The summed E-state index contributed by atoms with van der Waals surface area (Å²) in [7, 11) is 0. The number of halogens is 2. The van der Waals surface area contributed by atoms with Crippen molar-refractivity contribution in [1.82, 2.24) is 0 Å². The van der Waals surface area contributed by atoms with Crippen LogP contribution in [0.4, 0.5) is 0 Å². The highest BCUT2D eigenvalue weighted by Gasteiger charge is 2.42. The highest BCUT2D eigenvalue weighted by atomic mass is 127. The Bertz CT molecular complexity index is 276. The fraction of sp³-hybridized carbons (Fsp3) is 0.857. The Balaban J connectivity index is 2.76. The zero-order valence-corrected chi connectivity index (χ0v) is 17.1. The summed E-state index contributed by atoms with van der Waals surface area (Å²) in [5, 5.41) is 0. The van der Waals surface area contributed by atoms with Crippen molar-refractivity contribution in [2.75, 3.05) is 0 Å². The zero-order chi connectivity index (χ0) is 13.2. The van der Waals surface area contributed by atoms with Crippen LogP contribution in [-0.4, -0.2) is 9.50 Å². The summed E-state index contributed by atoms with van der Waals surface area (Å²) in [6.45, 7) is 12.3. The van der Waals surface area contributed by atoms with Gasteiger partial charge in [-0.1, -0.05) is 68.9 Å². The highest BCUT2D eigenvalue weighted by Crippen LogP contribution is 2.50. The van der Waals surface area contributed by atoms with Crippen LogP contribution < -0.4 is 0 Å². The molecule has 0 aromatic heterocycles. The Hall–Kier alpha value is 1.42. The molecular formula is C14H26I2Si. The molecule has 0 nitrogen and oxygen atoms in total. The predicted octanol–water partition coefficient (Wildman–Crippen LogP) is 6.49. The normalized spacial score (nSPS) is 23.4. The van der Waals surface area contributed by atoms with Crippen LogP contribution in [0.3, 0.4) is 0 Å². The Kier molecular flexibility index (Phi) is 6.52. The van der Waals surface area contributed by atoms with Crippen molar-refractivity contribution >= 4 is 50.0 Å². The summed E-state index contributed by atoms with van der Waals surface area (Å²) in [4.78, 5) is 0. The van der Waals surface area contributed by atoms with Crippen LogP contribution in [0, 0.1) is 0 Å². The topological polar surface area (TPSA) is 0 Å². The van der Waals surface area contributed by atoms with Gasteiger partial charge in [0.1, 0.15) is 5.57 Å². The molecule has 0 N–H and O–H groups in total. The zero-order valence-electron chi connectivity index (χ0n) is 11.8. The van der Waals surface area contributed by atoms with Crippen molar-refractivity contribution in [3.8, 4) is 0 Å². The van der Waals surface area contributed by atoms with Crippen molar-refractivity contribution < 1.29 is 0 Å². The number of rotatable bonds is 5. The third-order valence-electron chi connectivity index (χ3n) is 4.30. The minimum atomic E-state index is -1.18. The molecule has 1 aliphatic carbocycles. The average molecular weight is 476 g/mol. The lowest BCUT2D eigenvalue weighted by atomic mass is 10.1. The fourth-order valence-corrected chi connectivity index (χ4v) is 8.94. The fourth-order valence-electron chi connectivity index (χ4n) is 3.25. The van der Waals surface area contributed by atoms with Crippen LogP contribution >= 0.6 is 44.4 Å². The van der Waals surface area contributed by atoms with Gasteiger partial charge >= 0.3 is 0 Å². The van der Waals surface area contributed by atoms with Crippen LogP contribution in [0.2, 0.25) is 16.6 Å². The highest BCUT2D eigenvalue weighted by molar-refractivity contribution is 14.1. The van der Waals surface area contributed by atoms with E-state index in [1.54, 1.807) is 5.57 Å². The molecule has 2 atom stereocenters. The first-order chi connectivity index (χ1) is 7.80. The second kappa shape index (κ2) is 6.73. The van der Waals surface area contributed by atoms with Gasteiger partial charge in [0.15, 0.2) is 0 Å². The lowest BCUT2D eigenvalue weighted by Crippen LogP contribution is -2.38. The van der Waals surface area contributed by atoms with Crippen LogP contribution in [-0.2, 0) is 0 Å². The van der Waals surface area contributed by atoms with E-state index < -0.39 is 5.57 Å². The first kappa shape index (κ1) is 16.5. The molecule has 0 radical (unpaired) electrons. The van der Waals surface area contributed by atoms with Crippen molar-refractivity contribution in [2.45, 2.75) is 74.4 Å². The van der Waals surface area contributed by atoms with E-state index in [0.717, 1.165) is 20.5 Å². The third kappa shape index (κ3) is 3.71. The van der Waals surface area contributed by atoms with Gasteiger partial charge in [0, 0.05) is 3.92 Å². The van der Waals surface area contributed by atoms with Gasteiger partial charge in [-0.05, 0) is 35.9 Å². The maximum atomic E-state index is 2.88. The van der Waals surface area contributed by atoms with Crippen molar-refractivity contribution in [1.29, 1.82) is 0 Å². The summed E-state index contributed by atoms with van der Waals surface area (Å²) in [6, 6.07) is 0. The molecular weight excluding hydrogens is 450 g/mol. The van der Waals surface area contributed by atoms with Crippen molar-refractivity contribution in [3.63, 3.8) is 0 Å². The van der Waals surface area contributed by atoms with Gasteiger partial charge in [-0.25, -0.2) is 0 Å². The molecule has 3 heteroatoms. The van der Waals surface area contributed by atoms with E-state index in [9.17, 15) is 0 Å². The van der Waals surface area contributed by atoms with Gasteiger partial charge in [0.2, 0.25) is 0 Å². The summed E-state index contributed by atoms with van der Waals surface area (Å²) in [6.07, 6.45) is 6.56. The molecule has 0 aromatic rings. The average Bonchev–Trinajstić information content (AvgIpc) is 2.62. The van der Waals surface area contributed by atoms with E-state index in [-0.39, 0.29) is 0 Å². The molecule has 0 bridgehead atoms. The monoisotopic (exact) mass is 476 g/mol. The lowest BCUT2D eigenvalue weighted by molar-refractivity contribution is 0.783. The van der Waals surface area contributed by atoms with Gasteiger partial charge < -0.3 is 0 Å². The molecule has 0 saturated heterocycles. The maximum absolute atomic E-state index is 2.88. The number of hydrogen-bond acceptors (Lipinski definition) is 0. The second-order valence-electron chi connectivity index (χ2n) is 6.07. The standard InChI is InChI=1S/C14H26I2Si/c1-10(2)17(16,11(3)4)12(5)9-13-7-6-8-14(13)15/h7,10-12,14H,6,8-9H2,1-5H3. The van der Waals surface area contributed by atoms with Crippen LogP contribution in [0.1, 0.15) is 53.9 Å². The molecule has 2 unspecified atom stereocenters. The Morgan fingerprint density at radius 3 is 2.12 bits per heavy atom. The van der Waals surface area contributed by atoms with E-state index in [4.69, 9.17) is 0 Å². The molecule has 0 heterocycles. The molecule has 0 aliphatic heterocycles. The predicted molar refractivity (Wildman–Crippen MR) is 99.1 cm³/mol. The third-order valence-corrected chi connectivity index (χ3v) is 21.6. The summed E-state index contributed by atoms with van der Waals surface area (Å²) in [5.41, 5.74) is 3.24. The van der Waals surface area contributed by atoms with Gasteiger partial charge in [-0.3, -0.25) is 0 Å². The van der Waals surface area contributed by atoms with Gasteiger partial charge in [-0.2, -0.15) is 0 Å². The number of hydrogen-bond donors (Lipinski definition) is 0. The molecule has 0 amide bonds. The first-order valence-corrected chi connectivity index (χ1v) is 13.4. The van der Waals surface area contributed by atoms with Crippen molar-refractivity contribution in [2.24, 2.45) is 0 Å². The minimum Gasteiger partial charge on any atom is -0.118 e. The van der Waals surface area contributed by atoms with Crippen LogP contribution in [0.15, 0.2) is 11.6 Å². The largest absolute Gasteiger partial charge is 0.133 e. The summed E-state index contributed by atoms with van der Waals surface area (Å²) >= 11 is 5.52. The van der Waals surface area contributed by atoms with Gasteiger partial charge in [-0.15, -0.1) is 21.8 Å². The molecule has 0 fully saturated rings. The summed E-state index contributed by atoms with van der Waals surface area (Å²) in [5.74, 6) is 0. The SMILES string of the molecule is CC(C)[Si](I)(C(C)C)C(C)CC1=CCCC1I. The number of allylic oxidation sites excluding steroid dienone is 2. The Morgan fingerprint density at radius 2 is 1.76 bits per heavy atom. The Morgan fingerprint density at radius 1 is 1.24 bits per heavy atom. The quantitative estimate of drug-likeness (QED) is 0.140. The first-order valence-electron chi connectivity index (χ1n) is 6.82. The summed E-state index contributed by atoms with van der Waals surface area (Å²) < 4.78 is 0.823. The Labute approximate surface area is 135 Å². The van der Waals surface area contributed by atoms with E-state index in [2.05, 4.69) is 85.1 Å². The van der Waals surface area contributed by atoms with E-state index >= 15 is 0 Å². The molecule has 100 valence electrons. The lowest BCUT2D eigenvalue weighted by Gasteiger charge is -2.39. The van der Waals surface area contributed by atoms with Crippen molar-refractivity contribution in [3.05, 3.63) is 11.6 Å². The van der Waals surface area contributed by atoms with Crippen LogP contribution in [0.5, 0.6) is 0 Å². The van der Waals surface area contributed by atoms with Crippen LogP contribution in [0.25, 0.3) is 0 Å². The molecule has 1 rings (SSSR count). The molecule has 17 heavy (non-hydrogen) atoms. The molecule has 0 saturated carbocycles. The number of alkyl halides is 1. The van der Waals surface area contributed by atoms with Gasteiger partial charge in [0.05, 0.1) is 0 Å². The molecule has 0 spiro atoms. The van der Waals surface area contributed by atoms with E-state index in [1.165, 1.54) is 19.3 Å². The smallest absolute Gasteiger partial charge is 0.118 e. The van der Waals surface area contributed by atoms with E-state index in [0.29, 0.717) is 0 Å². The molecule has 1 aliphatic rings.